The summed E-state index contributed by atoms with van der Waals surface area (Å²) in [5, 5.41) is 26.6. The van der Waals surface area contributed by atoms with Gasteiger partial charge in [-0.2, -0.15) is 0 Å². The van der Waals surface area contributed by atoms with E-state index in [2.05, 4.69) is 10.5 Å². The molecule has 13 nitrogen and oxygen atoms in total. The topological polar surface area (TPSA) is 227 Å². The molecule has 0 spiro atoms. The van der Waals surface area contributed by atoms with Crippen molar-refractivity contribution in [2.75, 3.05) is 34.3 Å². The quantitative estimate of drug-likeness (QED) is 0.223. The Morgan fingerprint density at radius 1 is 0.970 bits per heavy atom. The first-order valence-corrected chi connectivity index (χ1v) is 9.72. The Kier molecular flexibility index (Phi) is 30.8. The monoisotopic (exact) mass is 483 g/mol. The lowest BCUT2D eigenvalue weighted by Crippen LogP contribution is -2.43. The number of aliphatic hydroxyl groups excluding tert-OH is 1. The molecule has 33 heavy (non-hydrogen) atoms. The number of carboxylic acids is 2. The molecule has 13 heteroatoms. The average Bonchev–Trinajstić information content (AvgIpc) is 2.49. The van der Waals surface area contributed by atoms with E-state index in [-0.39, 0.29) is 30.7 Å². The molecule has 0 aromatic heterocycles. The number of esters is 1. The molecule has 0 aliphatic carbocycles. The van der Waals surface area contributed by atoms with Gasteiger partial charge in [0, 0.05) is 32.7 Å². The number of hydrogen-bond acceptors (Lipinski definition) is 9. The van der Waals surface area contributed by atoms with Gasteiger partial charge in [-0.25, -0.2) is 0 Å². The summed E-state index contributed by atoms with van der Waals surface area (Å²) in [6.45, 7) is 7.42. The number of nitrogens with two attached hydrogens (primary N) is 2. The third kappa shape index (κ3) is 108. The second-order valence-corrected chi connectivity index (χ2v) is 7.62. The minimum atomic E-state index is -1.20. The smallest absolute Gasteiger partial charge is 0.306 e. The number of nitrogens with zero attached hydrogens (tertiary/aromatic N) is 1. The van der Waals surface area contributed by atoms with Crippen molar-refractivity contribution in [2.45, 2.75) is 60.0 Å². The molecule has 0 radical (unpaired) electrons. The number of primary amides is 2. The van der Waals surface area contributed by atoms with Gasteiger partial charge in [-0.05, 0) is 20.3 Å². The summed E-state index contributed by atoms with van der Waals surface area (Å²) in [5.41, 5.74) is 9.19. The van der Waals surface area contributed by atoms with E-state index in [9.17, 15) is 29.1 Å². The highest BCUT2D eigenvalue weighted by Gasteiger charge is 2.14. The molecule has 2 amide bonds. The Hall–Kier alpha value is -3.06. The predicted molar refractivity (Wildman–Crippen MR) is 118 cm³/mol. The van der Waals surface area contributed by atoms with Crippen LogP contribution in [0, 0.1) is 0 Å². The molecule has 0 heterocycles. The minimum absolute atomic E-state index is 0.167. The third-order valence-electron chi connectivity index (χ3n) is 1.99. The Morgan fingerprint density at radius 3 is 1.52 bits per heavy atom. The fraction of sp³-hybridized carbons (Fsp3) is 0.700. The van der Waals surface area contributed by atoms with Gasteiger partial charge in [0.1, 0.15) is 18.4 Å². The van der Waals surface area contributed by atoms with E-state index in [0.29, 0.717) is 17.4 Å². The largest absolute Gasteiger partial charge is 0.550 e. The van der Waals surface area contributed by atoms with E-state index in [1.807, 2.05) is 28.1 Å². The van der Waals surface area contributed by atoms with E-state index >= 15 is 0 Å². The van der Waals surface area contributed by atoms with Crippen LogP contribution in [0.4, 0.5) is 0 Å². The van der Waals surface area contributed by atoms with Crippen LogP contribution in [0.5, 0.6) is 0 Å². The molecule has 0 saturated carbocycles. The molecule has 0 rings (SSSR count). The normalized spacial score (nSPS) is 9.85. The Balaban J connectivity index is -0.000000108. The SMILES string of the molecule is CC(=O)O.CC(C)=O.CC(N)=O.CCCC(=O)OCC(N)=O.C[N+](C)(C)CC(O)CC(=O)[O-]. The van der Waals surface area contributed by atoms with Crippen LogP contribution in [-0.2, 0) is 33.5 Å². The van der Waals surface area contributed by atoms with Gasteiger partial charge in [0.15, 0.2) is 6.61 Å². The van der Waals surface area contributed by atoms with E-state index in [1.54, 1.807) is 0 Å². The number of carbonyl (C=O) groups is 6. The highest BCUT2D eigenvalue weighted by molar-refractivity contribution is 5.78. The Morgan fingerprint density at radius 2 is 1.30 bits per heavy atom. The van der Waals surface area contributed by atoms with Crippen LogP contribution in [0.25, 0.3) is 0 Å². The maximum Gasteiger partial charge on any atom is 0.306 e. The summed E-state index contributed by atoms with van der Waals surface area (Å²) in [6, 6.07) is 0. The van der Waals surface area contributed by atoms with Gasteiger partial charge in [-0.3, -0.25) is 19.2 Å². The standard InChI is InChI=1S/C7H15NO3.C6H11NO3.C3H6O.C2H5NO.C2H4O2/c1-8(2,3)5-6(9)4-7(10)11;1-2-3-6(9)10-4-5(7)8;1-3(2)4;2*1-2(3)4/h6,9H,4-5H2,1-3H3;2-4H2,1H3,(H2,7,8);1-2H3;1H3,(H2,3,4);1H3,(H,3,4). The summed E-state index contributed by atoms with van der Waals surface area (Å²) in [4.78, 5) is 58.3. The van der Waals surface area contributed by atoms with Crippen molar-refractivity contribution in [1.82, 2.24) is 0 Å². The number of ether oxygens (including phenoxy) is 1. The summed E-state index contributed by atoms with van der Waals surface area (Å²) in [6.07, 6.45) is -0.0274. The predicted octanol–water partition coefficient (Wildman–Crippen LogP) is -1.81. The van der Waals surface area contributed by atoms with Gasteiger partial charge in [0.25, 0.3) is 11.9 Å². The van der Waals surface area contributed by atoms with Crippen molar-refractivity contribution in [2.24, 2.45) is 11.5 Å². The van der Waals surface area contributed by atoms with Crippen LogP contribution in [0.3, 0.4) is 0 Å². The number of carbonyl (C=O) groups excluding carboxylic acids is 5. The molecular formula is C20H41N3O10. The summed E-state index contributed by atoms with van der Waals surface area (Å²) in [5.74, 6) is -3.20. The molecule has 0 bridgehead atoms. The number of carboxylic acid groups (broad SMARTS) is 2. The molecule has 0 saturated heterocycles. The number of likely N-dealkylation sites (N-methyl/N-ethyl adjacent to an activating group) is 1. The van der Waals surface area contributed by atoms with Crippen molar-refractivity contribution in [1.29, 1.82) is 0 Å². The fourth-order valence-corrected chi connectivity index (χ4v) is 1.32. The van der Waals surface area contributed by atoms with Crippen LogP contribution in [-0.4, -0.2) is 90.6 Å². The van der Waals surface area contributed by atoms with Crippen LogP contribution < -0.4 is 16.6 Å². The minimum Gasteiger partial charge on any atom is -0.550 e. The number of rotatable bonds is 8. The number of Topliss-reactive ketones (excluding diaryl/α,β-unsaturated/α-hetero) is 1. The van der Waals surface area contributed by atoms with Crippen molar-refractivity contribution < 1.29 is 53.3 Å². The zero-order chi connectivity index (χ0) is 27.8. The van der Waals surface area contributed by atoms with E-state index in [4.69, 9.17) is 20.7 Å². The summed E-state index contributed by atoms with van der Waals surface area (Å²) >= 11 is 0. The average molecular weight is 484 g/mol. The second-order valence-electron chi connectivity index (χ2n) is 7.62. The van der Waals surface area contributed by atoms with Gasteiger partial charge in [-0.1, -0.05) is 6.92 Å². The van der Waals surface area contributed by atoms with Crippen molar-refractivity contribution >= 4 is 35.5 Å². The first-order valence-electron chi connectivity index (χ1n) is 9.72. The lowest BCUT2D eigenvalue weighted by molar-refractivity contribution is -0.873. The highest BCUT2D eigenvalue weighted by atomic mass is 16.5. The number of quaternary nitrogens is 1. The molecule has 0 aliphatic heterocycles. The van der Waals surface area contributed by atoms with Gasteiger partial charge in [0.05, 0.1) is 21.1 Å². The number of aliphatic hydroxyl groups is 1. The van der Waals surface area contributed by atoms with E-state index in [0.717, 1.165) is 13.3 Å². The molecule has 1 atom stereocenters. The number of ketones is 1. The molecular weight excluding hydrogens is 442 g/mol. The van der Waals surface area contributed by atoms with Crippen molar-refractivity contribution in [3.63, 3.8) is 0 Å². The maximum absolute atomic E-state index is 10.5. The molecule has 0 aromatic rings. The number of amides is 2. The number of hydrogen-bond donors (Lipinski definition) is 4. The van der Waals surface area contributed by atoms with E-state index < -0.39 is 23.9 Å². The summed E-state index contributed by atoms with van der Waals surface area (Å²) in [7, 11) is 5.66. The fourth-order valence-electron chi connectivity index (χ4n) is 1.32. The Labute approximate surface area is 195 Å². The lowest BCUT2D eigenvalue weighted by atomic mass is 10.2. The first kappa shape index (κ1) is 40.3. The zero-order valence-corrected chi connectivity index (χ0v) is 20.9. The number of aliphatic carboxylic acids is 2. The van der Waals surface area contributed by atoms with Gasteiger partial charge in [-0.15, -0.1) is 0 Å². The second kappa shape index (κ2) is 25.2. The van der Waals surface area contributed by atoms with Crippen LogP contribution in [0.15, 0.2) is 0 Å². The molecule has 6 N–H and O–H groups in total. The first-order chi connectivity index (χ1) is 14.7. The third-order valence-corrected chi connectivity index (χ3v) is 1.99. The van der Waals surface area contributed by atoms with Gasteiger partial charge in [0.2, 0.25) is 5.91 Å². The molecule has 0 aliphatic rings. The molecule has 0 aromatic carbocycles. The van der Waals surface area contributed by atoms with Gasteiger partial charge >= 0.3 is 5.97 Å². The van der Waals surface area contributed by atoms with Crippen LogP contribution in [0.2, 0.25) is 0 Å². The van der Waals surface area contributed by atoms with E-state index in [1.165, 1.54) is 20.8 Å². The molecule has 0 fully saturated rings. The van der Waals surface area contributed by atoms with Crippen LogP contribution in [0.1, 0.15) is 53.9 Å². The van der Waals surface area contributed by atoms with Crippen LogP contribution >= 0.6 is 0 Å². The molecule has 1 unspecified atom stereocenters. The summed E-state index contributed by atoms with van der Waals surface area (Å²) < 4.78 is 4.98. The van der Waals surface area contributed by atoms with Crippen molar-refractivity contribution in [3.05, 3.63) is 0 Å². The zero-order valence-electron chi connectivity index (χ0n) is 20.9. The Bertz CT molecular complexity index is 547. The molecule has 196 valence electrons. The highest BCUT2D eigenvalue weighted by Crippen LogP contribution is 1.97. The lowest BCUT2D eigenvalue weighted by Gasteiger charge is -2.26. The van der Waals surface area contributed by atoms with Gasteiger partial charge < -0.3 is 45.6 Å². The van der Waals surface area contributed by atoms with Crippen molar-refractivity contribution in [3.8, 4) is 0 Å². The maximum atomic E-state index is 10.5.